The molecule has 1 heterocycles. The summed E-state index contributed by atoms with van der Waals surface area (Å²) >= 11 is 0. The van der Waals surface area contributed by atoms with E-state index >= 15 is 0 Å². The maximum absolute atomic E-state index is 14.0. The predicted octanol–water partition coefficient (Wildman–Crippen LogP) is 3.48. The number of carbonyl (C=O) groups excluding carboxylic acids is 1. The van der Waals surface area contributed by atoms with Crippen molar-refractivity contribution in [3.63, 3.8) is 0 Å². The Morgan fingerprint density at radius 3 is 2.83 bits per heavy atom. The molecule has 0 radical (unpaired) electrons. The summed E-state index contributed by atoms with van der Waals surface area (Å²) in [6.45, 7) is 2.93. The highest BCUT2D eigenvalue weighted by Gasteiger charge is 2.26. The quantitative estimate of drug-likeness (QED) is 0.811. The number of hydrogen-bond donors (Lipinski definition) is 0. The SMILES string of the molecule is CC(=O)c1ccc(C#N)cc1N1CCOC(c2ccccc2F)C1. The average Bonchev–Trinajstić information content (AvgIpc) is 2.61. The molecule has 4 nitrogen and oxygen atoms in total. The maximum atomic E-state index is 14.0. The molecule has 1 unspecified atom stereocenters. The van der Waals surface area contributed by atoms with Crippen molar-refractivity contribution in [3.8, 4) is 6.07 Å². The predicted molar refractivity (Wildman–Crippen MR) is 88.5 cm³/mol. The molecule has 1 aliphatic heterocycles. The van der Waals surface area contributed by atoms with Gasteiger partial charge in [-0.3, -0.25) is 4.79 Å². The molecule has 1 saturated heterocycles. The number of Topliss-reactive ketones (excluding diaryl/α,β-unsaturated/α-hetero) is 1. The summed E-state index contributed by atoms with van der Waals surface area (Å²) in [5.41, 5.74) is 2.25. The second-order valence-corrected chi connectivity index (χ2v) is 5.73. The molecule has 1 fully saturated rings. The first-order chi connectivity index (χ1) is 11.6. The Morgan fingerprint density at radius 2 is 2.12 bits per heavy atom. The molecule has 0 aromatic heterocycles. The maximum Gasteiger partial charge on any atom is 0.161 e. The number of rotatable bonds is 3. The minimum absolute atomic E-state index is 0.0663. The van der Waals surface area contributed by atoms with Crippen molar-refractivity contribution in [1.29, 1.82) is 5.26 Å². The molecule has 1 aliphatic rings. The topological polar surface area (TPSA) is 53.3 Å². The van der Waals surface area contributed by atoms with Gasteiger partial charge in [0.2, 0.25) is 0 Å². The van der Waals surface area contributed by atoms with Gasteiger partial charge in [0.1, 0.15) is 11.9 Å². The zero-order valence-electron chi connectivity index (χ0n) is 13.3. The molecule has 0 amide bonds. The molecule has 122 valence electrons. The highest BCUT2D eigenvalue weighted by atomic mass is 19.1. The third-order valence-corrected chi connectivity index (χ3v) is 4.17. The Balaban J connectivity index is 1.94. The van der Waals surface area contributed by atoms with Gasteiger partial charge in [0.25, 0.3) is 0 Å². The number of halogens is 1. The van der Waals surface area contributed by atoms with E-state index in [1.54, 1.807) is 36.4 Å². The number of anilines is 1. The summed E-state index contributed by atoms with van der Waals surface area (Å²) in [5.74, 6) is -0.370. The van der Waals surface area contributed by atoms with Gasteiger partial charge in [-0.05, 0) is 31.2 Å². The standard InChI is InChI=1S/C19H17FN2O2/c1-13(23)15-7-6-14(11-21)10-18(15)22-8-9-24-19(12-22)16-4-2-3-5-17(16)20/h2-7,10,19H,8-9,12H2,1H3. The number of carbonyl (C=O) groups is 1. The van der Waals surface area contributed by atoms with E-state index in [4.69, 9.17) is 10.00 Å². The Kier molecular flexibility index (Phi) is 4.59. The average molecular weight is 324 g/mol. The highest BCUT2D eigenvalue weighted by molar-refractivity contribution is 6.00. The van der Waals surface area contributed by atoms with Crippen molar-refractivity contribution < 1.29 is 13.9 Å². The van der Waals surface area contributed by atoms with Crippen LogP contribution in [0, 0.1) is 17.1 Å². The van der Waals surface area contributed by atoms with Crippen molar-refractivity contribution >= 4 is 11.5 Å². The molecule has 2 aromatic rings. The van der Waals surface area contributed by atoms with Crippen molar-refractivity contribution in [2.24, 2.45) is 0 Å². The Morgan fingerprint density at radius 1 is 1.33 bits per heavy atom. The van der Waals surface area contributed by atoms with Crippen LogP contribution >= 0.6 is 0 Å². The first-order valence-corrected chi connectivity index (χ1v) is 7.76. The van der Waals surface area contributed by atoms with E-state index < -0.39 is 6.10 Å². The number of nitriles is 1. The van der Waals surface area contributed by atoms with E-state index in [2.05, 4.69) is 6.07 Å². The number of ketones is 1. The van der Waals surface area contributed by atoms with Crippen LogP contribution in [-0.2, 0) is 4.74 Å². The van der Waals surface area contributed by atoms with Gasteiger partial charge in [-0.1, -0.05) is 18.2 Å². The third kappa shape index (κ3) is 3.15. The van der Waals surface area contributed by atoms with E-state index in [-0.39, 0.29) is 11.6 Å². The van der Waals surface area contributed by atoms with Crippen molar-refractivity contribution in [2.45, 2.75) is 13.0 Å². The number of hydrogen-bond acceptors (Lipinski definition) is 4. The lowest BCUT2D eigenvalue weighted by molar-refractivity contribution is 0.0374. The molecule has 5 heteroatoms. The second kappa shape index (κ2) is 6.81. The van der Waals surface area contributed by atoms with Gasteiger partial charge in [0.05, 0.1) is 18.2 Å². The minimum atomic E-state index is -0.412. The normalized spacial score (nSPS) is 17.4. The summed E-state index contributed by atoms with van der Waals surface area (Å²) in [5, 5.41) is 9.13. The first-order valence-electron chi connectivity index (χ1n) is 7.76. The smallest absolute Gasteiger partial charge is 0.161 e. The van der Waals surface area contributed by atoms with Gasteiger partial charge < -0.3 is 9.64 Å². The van der Waals surface area contributed by atoms with Crippen LogP contribution in [0.2, 0.25) is 0 Å². The summed E-state index contributed by atoms with van der Waals surface area (Å²) in [7, 11) is 0. The number of nitrogens with zero attached hydrogens (tertiary/aromatic N) is 2. The number of ether oxygens (including phenoxy) is 1. The van der Waals surface area contributed by atoms with Crippen LogP contribution in [-0.4, -0.2) is 25.5 Å². The Hall–Kier alpha value is -2.71. The molecule has 0 spiro atoms. The number of morpholine rings is 1. The van der Waals surface area contributed by atoms with Crippen LogP contribution < -0.4 is 4.90 Å². The zero-order chi connectivity index (χ0) is 17.1. The first kappa shape index (κ1) is 16.2. The fourth-order valence-electron chi connectivity index (χ4n) is 2.95. The van der Waals surface area contributed by atoms with E-state index in [1.165, 1.54) is 13.0 Å². The van der Waals surface area contributed by atoms with Gasteiger partial charge in [-0.2, -0.15) is 5.26 Å². The second-order valence-electron chi connectivity index (χ2n) is 5.73. The van der Waals surface area contributed by atoms with Gasteiger partial charge >= 0.3 is 0 Å². The van der Waals surface area contributed by atoms with Gasteiger partial charge in [0.15, 0.2) is 5.78 Å². The Bertz CT molecular complexity index is 813. The fourth-order valence-corrected chi connectivity index (χ4v) is 2.95. The molecule has 0 aliphatic carbocycles. The lowest BCUT2D eigenvalue weighted by atomic mass is 10.0. The number of benzene rings is 2. The van der Waals surface area contributed by atoms with Gasteiger partial charge in [-0.15, -0.1) is 0 Å². The molecule has 1 atom stereocenters. The molecule has 0 saturated carbocycles. The molecule has 0 bridgehead atoms. The lowest BCUT2D eigenvalue weighted by Crippen LogP contribution is -2.39. The molecule has 3 rings (SSSR count). The summed E-state index contributed by atoms with van der Waals surface area (Å²) in [4.78, 5) is 13.9. The molecule has 24 heavy (non-hydrogen) atoms. The van der Waals surface area contributed by atoms with Crippen molar-refractivity contribution in [2.75, 3.05) is 24.6 Å². The summed E-state index contributed by atoms with van der Waals surface area (Å²) < 4.78 is 19.8. The van der Waals surface area contributed by atoms with E-state index in [0.717, 1.165) is 0 Å². The minimum Gasteiger partial charge on any atom is -0.370 e. The van der Waals surface area contributed by atoms with E-state index in [1.807, 2.05) is 4.90 Å². The zero-order valence-corrected chi connectivity index (χ0v) is 13.3. The van der Waals surface area contributed by atoms with Gasteiger partial charge in [-0.25, -0.2) is 4.39 Å². The van der Waals surface area contributed by atoms with Crippen LogP contribution in [0.4, 0.5) is 10.1 Å². The largest absolute Gasteiger partial charge is 0.370 e. The molecule has 2 aromatic carbocycles. The lowest BCUT2D eigenvalue weighted by Gasteiger charge is -2.35. The Labute approximate surface area is 140 Å². The van der Waals surface area contributed by atoms with Crippen molar-refractivity contribution in [1.82, 2.24) is 0 Å². The van der Waals surface area contributed by atoms with Crippen LogP contribution in [0.15, 0.2) is 42.5 Å². The van der Waals surface area contributed by atoms with Gasteiger partial charge in [0, 0.05) is 29.9 Å². The monoisotopic (exact) mass is 324 g/mol. The van der Waals surface area contributed by atoms with Crippen molar-refractivity contribution in [3.05, 3.63) is 65.0 Å². The summed E-state index contributed by atoms with van der Waals surface area (Å²) in [6.07, 6.45) is -0.412. The van der Waals surface area contributed by atoms with E-state index in [9.17, 15) is 9.18 Å². The molecular formula is C19H17FN2O2. The fraction of sp³-hybridized carbons (Fsp3) is 0.263. The molecular weight excluding hydrogens is 307 g/mol. The van der Waals surface area contributed by atoms with Crippen LogP contribution in [0.25, 0.3) is 0 Å². The summed E-state index contributed by atoms with van der Waals surface area (Å²) in [6, 6.07) is 13.6. The highest BCUT2D eigenvalue weighted by Crippen LogP contribution is 2.30. The van der Waals surface area contributed by atoms with Crippen LogP contribution in [0.3, 0.4) is 0 Å². The van der Waals surface area contributed by atoms with E-state index in [0.29, 0.717) is 42.1 Å². The van der Waals surface area contributed by atoms with Crippen LogP contribution in [0.5, 0.6) is 0 Å². The van der Waals surface area contributed by atoms with Crippen LogP contribution in [0.1, 0.15) is 34.5 Å². The third-order valence-electron chi connectivity index (χ3n) is 4.17. The molecule has 0 N–H and O–H groups in total.